The second kappa shape index (κ2) is 9.05. The molecule has 0 N–H and O–H groups in total. The van der Waals surface area contributed by atoms with E-state index < -0.39 is 0 Å². The van der Waals surface area contributed by atoms with Gasteiger partial charge in [0, 0.05) is 19.0 Å². The number of piperidine rings is 1. The molecule has 1 aliphatic rings. The van der Waals surface area contributed by atoms with E-state index in [0.29, 0.717) is 12.0 Å². The maximum Gasteiger partial charge on any atom is 0.410 e. The molecule has 2 aromatic rings. The number of amides is 1. The Labute approximate surface area is 172 Å². The Morgan fingerprint density at radius 2 is 2.25 bits per heavy atom. The molecule has 1 fully saturated rings. The fourth-order valence-electron chi connectivity index (χ4n) is 3.64. The van der Waals surface area contributed by atoms with Crippen LogP contribution in [0.2, 0.25) is 0 Å². The van der Waals surface area contributed by atoms with E-state index in [1.807, 2.05) is 4.90 Å². The van der Waals surface area contributed by atoms with Crippen LogP contribution in [-0.2, 0) is 11.2 Å². The monoisotopic (exact) mass is 401 g/mol. The number of thiazole rings is 1. The van der Waals surface area contributed by atoms with Crippen molar-refractivity contribution in [1.29, 1.82) is 0 Å². The molecule has 2 heterocycles. The third-order valence-electron chi connectivity index (χ3n) is 5.57. The van der Waals surface area contributed by atoms with Crippen LogP contribution in [0, 0.1) is 5.92 Å². The highest BCUT2D eigenvalue weighted by Crippen LogP contribution is 2.36. The van der Waals surface area contributed by atoms with Crippen molar-refractivity contribution in [3.8, 4) is 0 Å². The van der Waals surface area contributed by atoms with E-state index in [-0.39, 0.29) is 18.7 Å². The van der Waals surface area contributed by atoms with Gasteiger partial charge < -0.3 is 14.5 Å². The van der Waals surface area contributed by atoms with Crippen LogP contribution < -0.4 is 0 Å². The van der Waals surface area contributed by atoms with Crippen molar-refractivity contribution in [2.75, 3.05) is 27.2 Å². The molecule has 28 heavy (non-hydrogen) atoms. The molecule has 0 aliphatic carbocycles. The average Bonchev–Trinajstić information content (AvgIpc) is 3.07. The van der Waals surface area contributed by atoms with E-state index in [9.17, 15) is 4.79 Å². The van der Waals surface area contributed by atoms with Crippen LogP contribution in [0.4, 0.5) is 4.79 Å². The number of rotatable bonds is 6. The summed E-state index contributed by atoms with van der Waals surface area (Å²) >= 11 is 1.76. The van der Waals surface area contributed by atoms with E-state index in [1.165, 1.54) is 4.70 Å². The lowest BCUT2D eigenvalue weighted by molar-refractivity contribution is 0.0677. The number of hydrogen-bond acceptors (Lipinski definition) is 5. The SMILES string of the molecule is C=CCOC(=O)N1CC(C)CCC1c1ccc2sc(C[C@H](C)N(C)C)nc2c1. The molecule has 1 aromatic heterocycles. The van der Waals surface area contributed by atoms with Gasteiger partial charge in [-0.3, -0.25) is 0 Å². The van der Waals surface area contributed by atoms with Crippen LogP contribution in [0.15, 0.2) is 30.9 Å². The predicted molar refractivity (Wildman–Crippen MR) is 116 cm³/mol. The largest absolute Gasteiger partial charge is 0.445 e. The van der Waals surface area contributed by atoms with Crippen LogP contribution in [0.5, 0.6) is 0 Å². The molecule has 0 radical (unpaired) electrons. The zero-order valence-electron chi connectivity index (χ0n) is 17.4. The van der Waals surface area contributed by atoms with Crippen molar-refractivity contribution in [1.82, 2.24) is 14.8 Å². The summed E-state index contributed by atoms with van der Waals surface area (Å²) in [5, 5.41) is 1.16. The number of hydrogen-bond donors (Lipinski definition) is 0. The Balaban J connectivity index is 1.83. The summed E-state index contributed by atoms with van der Waals surface area (Å²) in [4.78, 5) is 21.5. The van der Waals surface area contributed by atoms with Gasteiger partial charge in [-0.05, 0) is 57.5 Å². The molecule has 2 unspecified atom stereocenters. The lowest BCUT2D eigenvalue weighted by Crippen LogP contribution is -2.41. The summed E-state index contributed by atoms with van der Waals surface area (Å²) in [6, 6.07) is 6.95. The van der Waals surface area contributed by atoms with Gasteiger partial charge in [-0.15, -0.1) is 11.3 Å². The Bertz CT molecular complexity index is 832. The molecule has 1 amide bonds. The van der Waals surface area contributed by atoms with Crippen molar-refractivity contribution in [3.05, 3.63) is 41.4 Å². The van der Waals surface area contributed by atoms with Crippen molar-refractivity contribution in [3.63, 3.8) is 0 Å². The number of fused-ring (bicyclic) bond motifs is 1. The smallest absolute Gasteiger partial charge is 0.410 e. The van der Waals surface area contributed by atoms with Crippen LogP contribution in [0.3, 0.4) is 0 Å². The first kappa shape index (κ1) is 20.8. The lowest BCUT2D eigenvalue weighted by Gasteiger charge is -2.38. The predicted octanol–water partition coefficient (Wildman–Crippen LogP) is 4.88. The molecular weight excluding hydrogens is 370 g/mol. The molecule has 6 heteroatoms. The minimum atomic E-state index is -0.254. The number of likely N-dealkylation sites (N-methyl/N-ethyl adjacent to an activating group) is 1. The van der Waals surface area contributed by atoms with Gasteiger partial charge in [0.1, 0.15) is 6.61 Å². The number of nitrogens with zero attached hydrogens (tertiary/aromatic N) is 3. The number of aromatic nitrogens is 1. The van der Waals surface area contributed by atoms with Crippen LogP contribution in [-0.4, -0.2) is 54.2 Å². The quantitative estimate of drug-likeness (QED) is 0.647. The van der Waals surface area contributed by atoms with Gasteiger partial charge in [0.15, 0.2) is 0 Å². The van der Waals surface area contributed by atoms with Crippen LogP contribution in [0.25, 0.3) is 10.2 Å². The summed E-state index contributed by atoms with van der Waals surface area (Å²) in [7, 11) is 4.19. The highest BCUT2D eigenvalue weighted by molar-refractivity contribution is 7.18. The Hall–Kier alpha value is -1.92. The van der Waals surface area contributed by atoms with Gasteiger partial charge >= 0.3 is 6.09 Å². The number of carbonyl (C=O) groups excluding carboxylic acids is 1. The summed E-state index contributed by atoms with van der Waals surface area (Å²) in [5.41, 5.74) is 2.17. The highest BCUT2D eigenvalue weighted by atomic mass is 32.1. The second-order valence-corrected chi connectivity index (χ2v) is 9.18. The number of ether oxygens (including phenoxy) is 1. The molecule has 0 saturated carbocycles. The van der Waals surface area contributed by atoms with Gasteiger partial charge in [-0.2, -0.15) is 0 Å². The minimum absolute atomic E-state index is 0.0452. The first-order chi connectivity index (χ1) is 13.4. The van der Waals surface area contributed by atoms with Gasteiger partial charge in [0.2, 0.25) is 0 Å². The summed E-state index contributed by atoms with van der Waals surface area (Å²) < 4.78 is 6.54. The molecule has 3 atom stereocenters. The summed E-state index contributed by atoms with van der Waals surface area (Å²) in [5.74, 6) is 0.481. The van der Waals surface area contributed by atoms with E-state index in [4.69, 9.17) is 9.72 Å². The van der Waals surface area contributed by atoms with Crippen molar-refractivity contribution in [2.45, 2.75) is 45.2 Å². The zero-order chi connectivity index (χ0) is 20.3. The Morgan fingerprint density at radius 3 is 2.96 bits per heavy atom. The molecule has 5 nitrogen and oxygen atoms in total. The second-order valence-electron chi connectivity index (χ2n) is 8.07. The minimum Gasteiger partial charge on any atom is -0.445 e. The fraction of sp³-hybridized carbons (Fsp3) is 0.545. The maximum absolute atomic E-state index is 12.6. The van der Waals surface area contributed by atoms with Gasteiger partial charge in [-0.25, -0.2) is 9.78 Å². The normalized spacial score (nSPS) is 21.1. The molecule has 1 saturated heterocycles. The third-order valence-corrected chi connectivity index (χ3v) is 6.63. The van der Waals surface area contributed by atoms with E-state index in [1.54, 1.807) is 17.4 Å². The molecule has 3 rings (SSSR count). The number of benzene rings is 1. The highest BCUT2D eigenvalue weighted by Gasteiger charge is 2.32. The van der Waals surface area contributed by atoms with E-state index >= 15 is 0 Å². The van der Waals surface area contributed by atoms with Crippen molar-refractivity contribution >= 4 is 27.6 Å². The molecule has 1 aliphatic heterocycles. The lowest BCUT2D eigenvalue weighted by atomic mass is 9.90. The molecular formula is C22H31N3O2S. The number of carbonyl (C=O) groups is 1. The molecule has 0 spiro atoms. The third kappa shape index (κ3) is 4.73. The van der Waals surface area contributed by atoms with Crippen LogP contribution in [0.1, 0.15) is 43.3 Å². The van der Waals surface area contributed by atoms with E-state index in [0.717, 1.165) is 41.9 Å². The average molecular weight is 402 g/mol. The van der Waals surface area contributed by atoms with Crippen molar-refractivity contribution in [2.24, 2.45) is 5.92 Å². The zero-order valence-corrected chi connectivity index (χ0v) is 18.2. The first-order valence-electron chi connectivity index (χ1n) is 9.99. The summed E-state index contributed by atoms with van der Waals surface area (Å²) in [6.45, 7) is 9.00. The fourth-order valence-corrected chi connectivity index (χ4v) is 4.70. The Kier molecular flexibility index (Phi) is 6.73. The standard InChI is InChI=1S/C22H31N3O2S/c1-6-11-27-22(26)25-14-15(2)7-9-19(25)17-8-10-20-18(13-17)23-21(28-20)12-16(3)24(4)5/h6,8,10,13,15-16,19H,1,7,9,11-12,14H2,2-5H3/t15?,16-,19?/m0/s1. The molecule has 1 aromatic carbocycles. The first-order valence-corrected chi connectivity index (χ1v) is 10.8. The van der Waals surface area contributed by atoms with Gasteiger partial charge in [-0.1, -0.05) is 25.6 Å². The van der Waals surface area contributed by atoms with E-state index in [2.05, 4.69) is 57.6 Å². The van der Waals surface area contributed by atoms with Crippen LogP contribution >= 0.6 is 11.3 Å². The van der Waals surface area contributed by atoms with Gasteiger partial charge in [0.25, 0.3) is 0 Å². The summed E-state index contributed by atoms with van der Waals surface area (Å²) in [6.07, 6.45) is 4.36. The number of likely N-dealkylation sites (tertiary alicyclic amines) is 1. The molecule has 152 valence electrons. The topological polar surface area (TPSA) is 45.7 Å². The van der Waals surface area contributed by atoms with Gasteiger partial charge in [0.05, 0.1) is 21.3 Å². The van der Waals surface area contributed by atoms with Crippen molar-refractivity contribution < 1.29 is 9.53 Å². The molecule has 0 bridgehead atoms. The maximum atomic E-state index is 12.6. The Morgan fingerprint density at radius 1 is 1.46 bits per heavy atom.